The predicted molar refractivity (Wildman–Crippen MR) is 118 cm³/mol. The van der Waals surface area contributed by atoms with Crippen LogP contribution in [0.3, 0.4) is 0 Å². The Labute approximate surface area is 182 Å². The van der Waals surface area contributed by atoms with E-state index in [-0.39, 0.29) is 12.0 Å². The standard InChI is InChI=1S/C21H29N9O/c1-14-5-7-16(8-6-14)18-25-19(31-27-18)15(2)30-11-9-29(10-12-30)13-17-23-20(22)26-21(24-17)28(3)4/h5-8,15H,9-13H2,1-4H3,(H2,22,23,24,26)/t15-/m1/s1. The molecule has 10 nitrogen and oxygen atoms in total. The summed E-state index contributed by atoms with van der Waals surface area (Å²) in [4.78, 5) is 24.1. The van der Waals surface area contributed by atoms with Crippen molar-refractivity contribution in [1.82, 2.24) is 34.9 Å². The lowest BCUT2D eigenvalue weighted by Crippen LogP contribution is -2.46. The fourth-order valence-electron chi connectivity index (χ4n) is 3.59. The largest absolute Gasteiger partial charge is 0.368 e. The summed E-state index contributed by atoms with van der Waals surface area (Å²) in [6, 6.07) is 8.19. The molecule has 2 N–H and O–H groups in total. The number of nitrogens with two attached hydrogens (primary N) is 1. The normalized spacial score (nSPS) is 16.4. The number of rotatable bonds is 6. The van der Waals surface area contributed by atoms with Gasteiger partial charge in [-0.1, -0.05) is 35.0 Å². The number of piperazine rings is 1. The van der Waals surface area contributed by atoms with Gasteiger partial charge in [-0.05, 0) is 13.8 Å². The Balaban J connectivity index is 1.35. The van der Waals surface area contributed by atoms with Crippen LogP contribution in [0.25, 0.3) is 11.4 Å². The lowest BCUT2D eigenvalue weighted by molar-refractivity contribution is 0.0831. The first-order chi connectivity index (χ1) is 14.9. The Morgan fingerprint density at radius 2 is 1.74 bits per heavy atom. The van der Waals surface area contributed by atoms with Crippen molar-refractivity contribution < 1.29 is 4.52 Å². The quantitative estimate of drug-likeness (QED) is 0.629. The van der Waals surface area contributed by atoms with E-state index in [0.29, 0.717) is 30.0 Å². The van der Waals surface area contributed by atoms with Gasteiger partial charge in [0.25, 0.3) is 0 Å². The number of anilines is 2. The van der Waals surface area contributed by atoms with Crippen LogP contribution in [0.5, 0.6) is 0 Å². The molecule has 31 heavy (non-hydrogen) atoms. The molecule has 0 aliphatic carbocycles. The molecule has 1 aromatic carbocycles. The SMILES string of the molecule is Cc1ccc(-c2noc([C@@H](C)N3CCN(Cc4nc(N)nc(N(C)C)n4)CC3)n2)cc1. The molecule has 1 saturated heterocycles. The van der Waals surface area contributed by atoms with Crippen molar-refractivity contribution in [2.24, 2.45) is 0 Å². The molecule has 164 valence electrons. The summed E-state index contributed by atoms with van der Waals surface area (Å²) in [5.74, 6) is 2.80. The molecule has 1 aliphatic heterocycles. The Morgan fingerprint density at radius 3 is 2.42 bits per heavy atom. The molecule has 10 heteroatoms. The molecule has 1 aliphatic rings. The Hall–Kier alpha value is -3.11. The Kier molecular flexibility index (Phi) is 6.10. The van der Waals surface area contributed by atoms with Gasteiger partial charge in [0, 0.05) is 45.8 Å². The van der Waals surface area contributed by atoms with Crippen LogP contribution < -0.4 is 10.6 Å². The minimum atomic E-state index is 0.0574. The van der Waals surface area contributed by atoms with E-state index in [9.17, 15) is 0 Å². The molecular weight excluding hydrogens is 394 g/mol. The summed E-state index contributed by atoms with van der Waals surface area (Å²) in [5, 5.41) is 4.17. The van der Waals surface area contributed by atoms with Gasteiger partial charge in [-0.25, -0.2) is 0 Å². The third-order valence-corrected chi connectivity index (χ3v) is 5.52. The number of nitrogen functional groups attached to an aromatic ring is 1. The van der Waals surface area contributed by atoms with Gasteiger partial charge in [0.1, 0.15) is 5.82 Å². The first-order valence-electron chi connectivity index (χ1n) is 10.4. The predicted octanol–water partition coefficient (Wildman–Crippen LogP) is 1.76. The molecular formula is C21H29N9O. The van der Waals surface area contributed by atoms with Gasteiger partial charge in [-0.3, -0.25) is 9.80 Å². The van der Waals surface area contributed by atoms with E-state index in [2.05, 4.69) is 60.9 Å². The van der Waals surface area contributed by atoms with Crippen LogP contribution in [0.1, 0.15) is 30.2 Å². The number of hydrogen-bond acceptors (Lipinski definition) is 10. The second-order valence-electron chi connectivity index (χ2n) is 8.11. The molecule has 0 radical (unpaired) electrons. The van der Waals surface area contributed by atoms with Crippen LogP contribution in [0.15, 0.2) is 28.8 Å². The lowest BCUT2D eigenvalue weighted by Gasteiger charge is -2.36. The van der Waals surface area contributed by atoms with E-state index in [1.54, 1.807) is 0 Å². The number of aromatic nitrogens is 5. The third kappa shape index (κ3) is 4.97. The fraction of sp³-hybridized carbons (Fsp3) is 0.476. The van der Waals surface area contributed by atoms with E-state index < -0.39 is 0 Å². The summed E-state index contributed by atoms with van der Waals surface area (Å²) in [7, 11) is 3.78. The smallest absolute Gasteiger partial charge is 0.244 e. The van der Waals surface area contributed by atoms with E-state index in [1.165, 1.54) is 5.56 Å². The second-order valence-corrected chi connectivity index (χ2v) is 8.11. The van der Waals surface area contributed by atoms with Crippen molar-refractivity contribution in [3.05, 3.63) is 41.5 Å². The van der Waals surface area contributed by atoms with Crippen LogP contribution in [0.4, 0.5) is 11.9 Å². The maximum atomic E-state index is 5.84. The molecule has 1 atom stereocenters. The van der Waals surface area contributed by atoms with Crippen molar-refractivity contribution in [3.63, 3.8) is 0 Å². The van der Waals surface area contributed by atoms with E-state index >= 15 is 0 Å². The number of aryl methyl sites for hydroxylation is 1. The average Bonchev–Trinajstić information content (AvgIpc) is 3.24. The summed E-state index contributed by atoms with van der Waals surface area (Å²) >= 11 is 0. The highest BCUT2D eigenvalue weighted by Gasteiger charge is 2.26. The molecule has 0 amide bonds. The molecule has 0 bridgehead atoms. The minimum Gasteiger partial charge on any atom is -0.368 e. The molecule has 0 spiro atoms. The van der Waals surface area contributed by atoms with Crippen molar-refractivity contribution in [2.75, 3.05) is 50.9 Å². The minimum absolute atomic E-state index is 0.0574. The van der Waals surface area contributed by atoms with Crippen LogP contribution in [0, 0.1) is 6.92 Å². The highest BCUT2D eigenvalue weighted by atomic mass is 16.5. The van der Waals surface area contributed by atoms with Gasteiger partial charge in [0.15, 0.2) is 0 Å². The molecule has 3 heterocycles. The van der Waals surface area contributed by atoms with Crippen molar-refractivity contribution in [2.45, 2.75) is 26.4 Å². The molecule has 4 rings (SSSR count). The number of hydrogen-bond donors (Lipinski definition) is 1. The average molecular weight is 424 g/mol. The lowest BCUT2D eigenvalue weighted by atomic mass is 10.1. The van der Waals surface area contributed by atoms with Crippen LogP contribution in [-0.2, 0) is 6.54 Å². The molecule has 0 saturated carbocycles. The van der Waals surface area contributed by atoms with E-state index in [4.69, 9.17) is 10.3 Å². The van der Waals surface area contributed by atoms with Gasteiger partial charge in [-0.2, -0.15) is 19.9 Å². The third-order valence-electron chi connectivity index (χ3n) is 5.52. The maximum absolute atomic E-state index is 5.84. The molecule has 1 fully saturated rings. The topological polar surface area (TPSA) is 113 Å². The van der Waals surface area contributed by atoms with Gasteiger partial charge in [0.2, 0.25) is 23.6 Å². The number of nitrogens with zero attached hydrogens (tertiary/aromatic N) is 8. The number of benzene rings is 1. The van der Waals surface area contributed by atoms with Gasteiger partial charge in [0.05, 0.1) is 12.6 Å². The maximum Gasteiger partial charge on any atom is 0.244 e. The highest BCUT2D eigenvalue weighted by molar-refractivity contribution is 5.54. The molecule has 3 aromatic rings. The second kappa shape index (κ2) is 8.94. The fourth-order valence-corrected chi connectivity index (χ4v) is 3.59. The van der Waals surface area contributed by atoms with Crippen molar-refractivity contribution in [3.8, 4) is 11.4 Å². The zero-order valence-electron chi connectivity index (χ0n) is 18.5. The summed E-state index contributed by atoms with van der Waals surface area (Å²) < 4.78 is 5.57. The van der Waals surface area contributed by atoms with Crippen LogP contribution in [-0.4, -0.2) is 75.2 Å². The van der Waals surface area contributed by atoms with E-state index in [1.807, 2.05) is 31.1 Å². The highest BCUT2D eigenvalue weighted by Crippen LogP contribution is 2.24. The van der Waals surface area contributed by atoms with Crippen molar-refractivity contribution in [1.29, 1.82) is 0 Å². The Morgan fingerprint density at radius 1 is 1.03 bits per heavy atom. The summed E-state index contributed by atoms with van der Waals surface area (Å²) in [6.07, 6.45) is 0. The first-order valence-corrected chi connectivity index (χ1v) is 10.4. The van der Waals surface area contributed by atoms with Crippen molar-refractivity contribution >= 4 is 11.9 Å². The summed E-state index contributed by atoms with van der Waals surface area (Å²) in [6.45, 7) is 8.39. The summed E-state index contributed by atoms with van der Waals surface area (Å²) in [5.41, 5.74) is 8.01. The van der Waals surface area contributed by atoms with Gasteiger partial charge in [-0.15, -0.1) is 0 Å². The van der Waals surface area contributed by atoms with Gasteiger partial charge >= 0.3 is 0 Å². The monoisotopic (exact) mass is 423 g/mol. The molecule has 0 unspecified atom stereocenters. The van der Waals surface area contributed by atoms with Crippen LogP contribution >= 0.6 is 0 Å². The molecule has 2 aromatic heterocycles. The first kappa shape index (κ1) is 21.1. The van der Waals surface area contributed by atoms with Gasteiger partial charge < -0.3 is 15.2 Å². The zero-order valence-corrected chi connectivity index (χ0v) is 18.5. The van der Waals surface area contributed by atoms with E-state index in [0.717, 1.165) is 31.7 Å². The van der Waals surface area contributed by atoms with Crippen LogP contribution in [0.2, 0.25) is 0 Å². The Bertz CT molecular complexity index is 1010. The zero-order chi connectivity index (χ0) is 22.0.